The quantitative estimate of drug-likeness (QED) is 0.592. The highest BCUT2D eigenvalue weighted by Crippen LogP contribution is 2.23. The van der Waals surface area contributed by atoms with Gasteiger partial charge in [-0.15, -0.1) is 6.42 Å². The van der Waals surface area contributed by atoms with Crippen molar-refractivity contribution in [1.82, 2.24) is 9.47 Å². The van der Waals surface area contributed by atoms with E-state index >= 15 is 0 Å². The van der Waals surface area contributed by atoms with Crippen molar-refractivity contribution in [1.29, 1.82) is 0 Å². The van der Waals surface area contributed by atoms with Gasteiger partial charge in [-0.1, -0.05) is 17.3 Å². The fourth-order valence-electron chi connectivity index (χ4n) is 3.26. The Morgan fingerprint density at radius 3 is 2.67 bits per heavy atom. The van der Waals surface area contributed by atoms with Crippen LogP contribution in [0.3, 0.4) is 0 Å². The molecule has 1 aliphatic heterocycles. The zero-order chi connectivity index (χ0) is 21.7. The number of hydrogen-bond acceptors (Lipinski definition) is 6. The molecule has 0 saturated carbocycles. The van der Waals surface area contributed by atoms with Crippen LogP contribution in [0, 0.1) is 12.3 Å². The normalized spacial score (nSPS) is 14.8. The lowest BCUT2D eigenvalue weighted by atomic mass is 10.3. The van der Waals surface area contributed by atoms with Crippen LogP contribution < -0.4 is 9.54 Å². The minimum atomic E-state index is -3.91. The summed E-state index contributed by atoms with van der Waals surface area (Å²) >= 11 is 1.22. The van der Waals surface area contributed by atoms with Crippen LogP contribution in [0.15, 0.2) is 23.2 Å². The topological polar surface area (TPSA) is 98.0 Å². The molecule has 0 bridgehead atoms. The highest BCUT2D eigenvalue weighted by Gasteiger charge is 2.26. The van der Waals surface area contributed by atoms with Crippen LogP contribution in [0.1, 0.15) is 19.8 Å². The van der Waals surface area contributed by atoms with Crippen LogP contribution >= 0.6 is 11.3 Å². The maximum Gasteiger partial charge on any atom is 0.263 e. The van der Waals surface area contributed by atoms with Gasteiger partial charge in [0, 0.05) is 13.1 Å². The first kappa shape index (κ1) is 22.1. The Hall–Kier alpha value is -2.64. The Kier molecular flexibility index (Phi) is 6.95. The molecule has 1 aromatic carbocycles. The van der Waals surface area contributed by atoms with E-state index in [2.05, 4.69) is 10.9 Å². The number of aromatic nitrogens is 1. The molecule has 0 aliphatic carbocycles. The second-order valence-corrected chi connectivity index (χ2v) is 9.94. The van der Waals surface area contributed by atoms with Gasteiger partial charge in [-0.3, -0.25) is 9.59 Å². The van der Waals surface area contributed by atoms with Gasteiger partial charge in [-0.25, -0.2) is 8.42 Å². The standard InChI is InChI=1S/C20H23N3O5S2/c1-3-9-23-16-8-7-15(28-4-2)12-17(16)29-20(23)21-18(24)13-30(26,27)14-19(25)22-10-5-6-11-22/h1,7-8,12H,4-6,9-11,13-14H2,2H3. The van der Waals surface area contributed by atoms with Crippen LogP contribution in [0.25, 0.3) is 10.2 Å². The predicted octanol–water partition coefficient (Wildman–Crippen LogP) is 1.20. The summed E-state index contributed by atoms with van der Waals surface area (Å²) in [7, 11) is -3.91. The molecule has 0 radical (unpaired) electrons. The molecule has 3 rings (SSSR count). The van der Waals surface area contributed by atoms with E-state index in [-0.39, 0.29) is 6.54 Å². The van der Waals surface area contributed by atoms with E-state index in [9.17, 15) is 18.0 Å². The first-order valence-electron chi connectivity index (χ1n) is 9.58. The molecule has 2 amide bonds. The Morgan fingerprint density at radius 2 is 2.00 bits per heavy atom. The number of amides is 2. The first-order chi connectivity index (χ1) is 14.3. The van der Waals surface area contributed by atoms with Gasteiger partial charge >= 0.3 is 0 Å². The van der Waals surface area contributed by atoms with Gasteiger partial charge in [-0.05, 0) is 38.0 Å². The van der Waals surface area contributed by atoms with Crippen LogP contribution in [-0.4, -0.2) is 60.9 Å². The lowest BCUT2D eigenvalue weighted by molar-refractivity contribution is -0.127. The van der Waals surface area contributed by atoms with Crippen molar-refractivity contribution in [3.05, 3.63) is 23.0 Å². The first-order valence-corrected chi connectivity index (χ1v) is 12.2. The summed E-state index contributed by atoms with van der Waals surface area (Å²) in [6, 6.07) is 5.44. The van der Waals surface area contributed by atoms with Crippen LogP contribution in [0.2, 0.25) is 0 Å². The van der Waals surface area contributed by atoms with Gasteiger partial charge in [0.05, 0.1) is 23.4 Å². The summed E-state index contributed by atoms with van der Waals surface area (Å²) < 4.78 is 32.6. The number of carbonyl (C=O) groups excluding carboxylic acids is 2. The van der Waals surface area contributed by atoms with E-state index in [0.717, 1.165) is 23.1 Å². The van der Waals surface area contributed by atoms with Gasteiger partial charge in [0.2, 0.25) is 5.91 Å². The molecule has 2 heterocycles. The van der Waals surface area contributed by atoms with Crippen LogP contribution in [0.4, 0.5) is 0 Å². The smallest absolute Gasteiger partial charge is 0.263 e. The number of benzene rings is 1. The number of nitrogens with zero attached hydrogens (tertiary/aromatic N) is 3. The summed E-state index contributed by atoms with van der Waals surface area (Å²) in [5, 5.41) is 0. The molecule has 1 fully saturated rings. The third-order valence-electron chi connectivity index (χ3n) is 4.58. The van der Waals surface area contributed by atoms with Crippen molar-refractivity contribution in [3.8, 4) is 18.1 Å². The molecule has 1 saturated heterocycles. The van der Waals surface area contributed by atoms with E-state index in [1.807, 2.05) is 19.1 Å². The Morgan fingerprint density at radius 1 is 1.27 bits per heavy atom. The highest BCUT2D eigenvalue weighted by molar-refractivity contribution is 7.92. The number of carbonyl (C=O) groups is 2. The number of thiazole rings is 1. The molecular weight excluding hydrogens is 426 g/mol. The lowest BCUT2D eigenvalue weighted by Crippen LogP contribution is -2.35. The van der Waals surface area contributed by atoms with Gasteiger partial charge in [0.1, 0.15) is 17.3 Å². The number of sulfone groups is 1. The van der Waals surface area contributed by atoms with Gasteiger partial charge in [0.15, 0.2) is 14.6 Å². The average Bonchev–Trinajstić information content (AvgIpc) is 3.30. The minimum Gasteiger partial charge on any atom is -0.494 e. The summed E-state index contributed by atoms with van der Waals surface area (Å²) in [6.07, 6.45) is 7.18. The van der Waals surface area contributed by atoms with Crippen molar-refractivity contribution in [2.24, 2.45) is 4.99 Å². The van der Waals surface area contributed by atoms with Crippen molar-refractivity contribution in [2.45, 2.75) is 26.3 Å². The number of fused-ring (bicyclic) bond motifs is 1. The third-order valence-corrected chi connectivity index (χ3v) is 7.00. The molecule has 160 valence electrons. The Balaban J connectivity index is 1.83. The Labute approximate surface area is 179 Å². The summed E-state index contributed by atoms with van der Waals surface area (Å²) in [4.78, 5) is 30.3. The summed E-state index contributed by atoms with van der Waals surface area (Å²) in [5.41, 5.74) is 0.778. The van der Waals surface area contributed by atoms with E-state index in [0.29, 0.717) is 30.2 Å². The summed E-state index contributed by atoms with van der Waals surface area (Å²) in [5.74, 6) is 0.412. The molecular formula is C20H23N3O5S2. The molecule has 0 unspecified atom stereocenters. The van der Waals surface area contributed by atoms with Crippen LogP contribution in [-0.2, 0) is 26.0 Å². The SMILES string of the molecule is C#CCn1c(=NC(=O)CS(=O)(=O)CC(=O)N2CCCC2)sc2cc(OCC)ccc21. The predicted molar refractivity (Wildman–Crippen MR) is 115 cm³/mol. The molecule has 0 spiro atoms. The number of terminal acetylenes is 1. The van der Waals surface area contributed by atoms with Crippen LogP contribution in [0.5, 0.6) is 5.75 Å². The zero-order valence-corrected chi connectivity index (χ0v) is 18.3. The van der Waals surface area contributed by atoms with E-state index in [1.54, 1.807) is 10.6 Å². The number of likely N-dealkylation sites (tertiary alicyclic amines) is 1. The number of ether oxygens (including phenoxy) is 1. The third kappa shape index (κ3) is 5.29. The maximum absolute atomic E-state index is 12.4. The zero-order valence-electron chi connectivity index (χ0n) is 16.7. The monoisotopic (exact) mass is 449 g/mol. The highest BCUT2D eigenvalue weighted by atomic mass is 32.2. The van der Waals surface area contributed by atoms with Gasteiger partial charge in [-0.2, -0.15) is 4.99 Å². The van der Waals surface area contributed by atoms with Crippen molar-refractivity contribution in [3.63, 3.8) is 0 Å². The molecule has 8 nitrogen and oxygen atoms in total. The number of hydrogen-bond donors (Lipinski definition) is 0. The maximum atomic E-state index is 12.4. The molecule has 1 aromatic heterocycles. The second kappa shape index (κ2) is 9.45. The van der Waals surface area contributed by atoms with Crippen molar-refractivity contribution in [2.75, 3.05) is 31.2 Å². The minimum absolute atomic E-state index is 0.181. The fraction of sp³-hybridized carbons (Fsp3) is 0.450. The molecule has 0 N–H and O–H groups in total. The molecule has 30 heavy (non-hydrogen) atoms. The molecule has 0 atom stereocenters. The van der Waals surface area contributed by atoms with Gasteiger partial charge in [0.25, 0.3) is 5.91 Å². The lowest BCUT2D eigenvalue weighted by Gasteiger charge is -2.14. The summed E-state index contributed by atoms with van der Waals surface area (Å²) in [6.45, 7) is 3.70. The molecule has 2 aromatic rings. The number of rotatable bonds is 7. The van der Waals surface area contributed by atoms with Crippen molar-refractivity contribution >= 4 is 43.2 Å². The van der Waals surface area contributed by atoms with Crippen molar-refractivity contribution < 1.29 is 22.7 Å². The molecule has 10 heteroatoms. The second-order valence-electron chi connectivity index (χ2n) is 6.86. The van der Waals surface area contributed by atoms with Gasteiger partial charge < -0.3 is 14.2 Å². The fourth-order valence-corrected chi connectivity index (χ4v) is 5.44. The van der Waals surface area contributed by atoms with E-state index in [4.69, 9.17) is 11.2 Å². The average molecular weight is 450 g/mol. The van der Waals surface area contributed by atoms with E-state index < -0.39 is 33.2 Å². The molecule has 1 aliphatic rings. The Bertz CT molecular complexity index is 1170. The van der Waals surface area contributed by atoms with E-state index in [1.165, 1.54) is 16.2 Å². The largest absolute Gasteiger partial charge is 0.494 e.